The second kappa shape index (κ2) is 15.8. The van der Waals surface area contributed by atoms with E-state index in [9.17, 15) is 24.5 Å². The third-order valence-corrected chi connectivity index (χ3v) is 10.4. The molecule has 4 aliphatic rings. The minimum atomic E-state index is -0.837. The maximum absolute atomic E-state index is 13.7. The zero-order chi connectivity index (χ0) is 32.7. The number of aliphatic imine (C=N–C) groups is 1. The van der Waals surface area contributed by atoms with Gasteiger partial charge in [0.15, 0.2) is 10.1 Å². The maximum atomic E-state index is 13.7. The molecule has 13 nitrogen and oxygen atoms in total. The number of nitrogens with one attached hydrogen (secondary N) is 3. The molecule has 3 saturated carbocycles. The molecule has 248 valence electrons. The summed E-state index contributed by atoms with van der Waals surface area (Å²) in [5, 5.41) is 15.9. The van der Waals surface area contributed by atoms with Gasteiger partial charge in [0.05, 0.1) is 17.6 Å². The molecule has 4 rings (SSSR count). The van der Waals surface area contributed by atoms with Crippen molar-refractivity contribution in [2.24, 2.45) is 33.9 Å². The largest absolute Gasteiger partial charge is 0.481 e. The highest BCUT2D eigenvalue weighted by atomic mass is 32.2. The van der Waals surface area contributed by atoms with Crippen molar-refractivity contribution in [3.05, 3.63) is 10.1 Å². The Hall–Kier alpha value is -2.39. The number of nitrogens with zero attached hydrogens (tertiary/aromatic N) is 2. The van der Waals surface area contributed by atoms with Gasteiger partial charge in [-0.2, -0.15) is 0 Å². The lowest BCUT2D eigenvalue weighted by molar-refractivity contribution is -0.525. The first-order valence-electron chi connectivity index (χ1n) is 15.9. The predicted octanol–water partition coefficient (Wildman–Crippen LogP) is 2.99. The average Bonchev–Trinajstić information content (AvgIpc) is 3.28. The first kappa shape index (κ1) is 36.1. The van der Waals surface area contributed by atoms with E-state index < -0.39 is 29.7 Å². The number of hydrogen-bond donors (Lipinski definition) is 4. The van der Waals surface area contributed by atoms with Gasteiger partial charge in [-0.15, -0.1) is 0 Å². The molecule has 3 aliphatic carbocycles. The molecule has 0 aromatic rings. The number of nitrogens with two attached hydrogens (primary N) is 1. The first-order chi connectivity index (χ1) is 20.6. The summed E-state index contributed by atoms with van der Waals surface area (Å²) in [6.45, 7) is 12.6. The smallest absolute Gasteiger partial charge is 0.404 e. The quantitative estimate of drug-likeness (QED) is 0.0461. The van der Waals surface area contributed by atoms with Gasteiger partial charge in [-0.25, -0.2) is 15.1 Å². The number of nitro groups is 1. The maximum Gasteiger partial charge on any atom is 0.481 e. The second-order valence-electron chi connectivity index (χ2n) is 13.6. The van der Waals surface area contributed by atoms with Crippen molar-refractivity contribution >= 4 is 41.8 Å². The highest BCUT2D eigenvalue weighted by Gasteiger charge is 2.68. The van der Waals surface area contributed by atoms with Crippen molar-refractivity contribution in [2.75, 3.05) is 12.3 Å². The topological polar surface area (TPSA) is 187 Å². The fourth-order valence-corrected chi connectivity index (χ4v) is 7.68. The van der Waals surface area contributed by atoms with E-state index in [0.717, 1.165) is 31.4 Å². The Morgan fingerprint density at radius 1 is 1.14 bits per heavy atom. The Bertz CT molecular complexity index is 1080. The molecule has 1 saturated heterocycles. The van der Waals surface area contributed by atoms with Gasteiger partial charge in [0.1, 0.15) is 6.04 Å². The Balaban J connectivity index is 1.64. The van der Waals surface area contributed by atoms with E-state index in [0.29, 0.717) is 31.1 Å². The van der Waals surface area contributed by atoms with Crippen LogP contribution >= 0.6 is 11.8 Å². The zero-order valence-corrected chi connectivity index (χ0v) is 27.9. The van der Waals surface area contributed by atoms with Crippen molar-refractivity contribution in [3.63, 3.8) is 0 Å². The van der Waals surface area contributed by atoms with Gasteiger partial charge >= 0.3 is 7.12 Å². The van der Waals surface area contributed by atoms with Crippen LogP contribution in [0.2, 0.25) is 0 Å². The summed E-state index contributed by atoms with van der Waals surface area (Å²) >= 11 is 1.28. The van der Waals surface area contributed by atoms with Crippen LogP contribution in [0.25, 0.3) is 0 Å². The molecule has 1 heterocycles. The minimum Gasteiger partial charge on any atom is -0.404 e. The number of guanidine groups is 1. The predicted molar refractivity (Wildman–Crippen MR) is 171 cm³/mol. The van der Waals surface area contributed by atoms with Crippen LogP contribution in [0, 0.1) is 33.3 Å². The highest BCUT2D eigenvalue weighted by molar-refractivity contribution is 8.13. The number of amides is 2. The van der Waals surface area contributed by atoms with E-state index in [-0.39, 0.29) is 59.7 Å². The van der Waals surface area contributed by atoms with E-state index in [1.807, 2.05) is 0 Å². The molecule has 2 amide bonds. The molecular weight excluding hydrogens is 587 g/mol. The molecule has 1 aliphatic heterocycles. The second-order valence-corrected chi connectivity index (χ2v) is 14.9. The van der Waals surface area contributed by atoms with Gasteiger partial charge in [0.2, 0.25) is 11.8 Å². The number of hydrogen-bond acceptors (Lipinski definition) is 9. The lowest BCUT2D eigenvalue weighted by Crippen LogP contribution is -2.65. The van der Waals surface area contributed by atoms with Gasteiger partial charge < -0.3 is 25.7 Å². The fraction of sp³-hybridized carbons (Fsp3) is 0.862. The van der Waals surface area contributed by atoms with E-state index in [1.165, 1.54) is 18.7 Å². The molecule has 0 aromatic carbocycles. The van der Waals surface area contributed by atoms with Crippen LogP contribution in [0.4, 0.5) is 0 Å². The fourth-order valence-electron chi connectivity index (χ4n) is 7.04. The first-order valence-corrected chi connectivity index (χ1v) is 16.9. The van der Waals surface area contributed by atoms with Crippen molar-refractivity contribution in [2.45, 2.75) is 123 Å². The van der Waals surface area contributed by atoms with Crippen LogP contribution in [0.15, 0.2) is 4.99 Å². The molecule has 5 N–H and O–H groups in total. The SMILES string of the molecule is CC(=O)SCCCCCC(=O)N[C@@H](CCCN=C(N)N[N+](=O)[O-])C(=O)N[C@@H](CC(C)C)B1O[C@@H]2C[C@H]3C[C@H](C3(C)C)[C@]2(C)O1. The molecule has 4 fully saturated rings. The molecule has 0 unspecified atom stereocenters. The number of unbranched alkanes of at least 4 members (excludes halogenated alkanes) is 2. The summed E-state index contributed by atoms with van der Waals surface area (Å²) in [7, 11) is -0.590. The number of thioether (sulfide) groups is 1. The lowest BCUT2D eigenvalue weighted by atomic mass is 9.43. The van der Waals surface area contributed by atoms with Crippen molar-refractivity contribution in [3.8, 4) is 0 Å². The average molecular weight is 639 g/mol. The van der Waals surface area contributed by atoms with E-state index in [4.69, 9.17) is 15.0 Å². The van der Waals surface area contributed by atoms with Crippen LogP contribution in [-0.4, -0.2) is 71.0 Å². The zero-order valence-electron chi connectivity index (χ0n) is 27.1. The van der Waals surface area contributed by atoms with Gasteiger partial charge in [0, 0.05) is 25.6 Å². The summed E-state index contributed by atoms with van der Waals surface area (Å²) in [6.07, 6.45) is 5.86. The number of rotatable bonds is 17. The Kier molecular flexibility index (Phi) is 12.9. The monoisotopic (exact) mass is 638 g/mol. The summed E-state index contributed by atoms with van der Waals surface area (Å²) in [4.78, 5) is 52.2. The van der Waals surface area contributed by atoms with Crippen LogP contribution < -0.4 is 21.8 Å². The van der Waals surface area contributed by atoms with Gasteiger partial charge in [-0.1, -0.05) is 51.3 Å². The van der Waals surface area contributed by atoms with Gasteiger partial charge in [-0.3, -0.25) is 14.4 Å². The molecule has 44 heavy (non-hydrogen) atoms. The van der Waals surface area contributed by atoms with Crippen LogP contribution in [0.1, 0.15) is 99.3 Å². The molecule has 15 heteroatoms. The molecule has 0 radical (unpaired) electrons. The van der Waals surface area contributed by atoms with Crippen molar-refractivity contribution in [1.82, 2.24) is 16.1 Å². The van der Waals surface area contributed by atoms with Crippen molar-refractivity contribution in [1.29, 1.82) is 0 Å². The number of carbonyl (C=O) groups is 3. The third kappa shape index (κ3) is 9.56. The molecule has 2 bridgehead atoms. The summed E-state index contributed by atoms with van der Waals surface area (Å²) in [6, 6.07) is -0.837. The van der Waals surface area contributed by atoms with Crippen LogP contribution in [0.3, 0.4) is 0 Å². The van der Waals surface area contributed by atoms with Gasteiger partial charge in [0.25, 0.3) is 5.96 Å². The van der Waals surface area contributed by atoms with Crippen LogP contribution in [0.5, 0.6) is 0 Å². The van der Waals surface area contributed by atoms with Crippen molar-refractivity contribution < 1.29 is 28.7 Å². The summed E-state index contributed by atoms with van der Waals surface area (Å²) in [5.74, 6) is 0.677. The molecule has 0 spiro atoms. The normalized spacial score (nSPS) is 26.8. The highest BCUT2D eigenvalue weighted by Crippen LogP contribution is 2.65. The summed E-state index contributed by atoms with van der Waals surface area (Å²) < 4.78 is 13.2. The molecular formula is C29H51BN6O7S. The minimum absolute atomic E-state index is 0.0173. The Labute approximate surface area is 265 Å². The lowest BCUT2D eigenvalue weighted by Gasteiger charge is -2.64. The van der Waals surface area contributed by atoms with Gasteiger partial charge in [-0.05, 0) is 75.0 Å². The number of hydrazine groups is 1. The Morgan fingerprint density at radius 2 is 1.86 bits per heavy atom. The Morgan fingerprint density at radius 3 is 2.50 bits per heavy atom. The van der Waals surface area contributed by atoms with E-state index in [2.05, 4.69) is 50.2 Å². The molecule has 0 aromatic heterocycles. The molecule has 6 atom stereocenters. The summed E-state index contributed by atoms with van der Waals surface area (Å²) in [5.41, 5.74) is 7.09. The standard InChI is InChI=1S/C29H51BN6O7S/c1-18(2)15-24(30-42-23-17-20-16-22(28(20,4)5)29(23,6)43-30)34-26(39)21(11-10-13-32-27(31)35-36(40)41)33-25(38)12-8-7-9-14-44-19(3)37/h18,20-24H,7-17H2,1-6H3,(H,33,38)(H,34,39)(H3,31,32,35)/t20-,21+,22-,23-,24+,29+/m1/s1. The van der Waals surface area contributed by atoms with Crippen LogP contribution in [-0.2, 0) is 23.7 Å². The van der Waals surface area contributed by atoms with E-state index in [1.54, 1.807) is 5.43 Å². The van der Waals surface area contributed by atoms with E-state index >= 15 is 0 Å². The third-order valence-electron chi connectivity index (χ3n) is 9.49. The number of carbonyl (C=O) groups excluding carboxylic acids is 3.